The second kappa shape index (κ2) is 8.08. The van der Waals surface area contributed by atoms with Gasteiger partial charge in [0, 0.05) is 18.7 Å². The molecule has 0 aromatic rings. The van der Waals surface area contributed by atoms with Crippen molar-refractivity contribution in [3.05, 3.63) is 0 Å². The molecule has 0 aromatic heterocycles. The standard InChI is InChI=1S/C14H29NO/c1-3-4-5-6-8-12(2)15-14-10-7-9-13(14)11-16/h12-16H,3-11H2,1-2H3. The van der Waals surface area contributed by atoms with E-state index in [0.29, 0.717) is 24.6 Å². The Bertz CT molecular complexity index is 172. The molecule has 3 atom stereocenters. The van der Waals surface area contributed by atoms with Gasteiger partial charge in [-0.25, -0.2) is 0 Å². The van der Waals surface area contributed by atoms with Gasteiger partial charge in [0.25, 0.3) is 0 Å². The lowest BCUT2D eigenvalue weighted by molar-refractivity contribution is 0.199. The molecule has 1 aliphatic rings. The maximum atomic E-state index is 9.26. The van der Waals surface area contributed by atoms with Crippen molar-refractivity contribution in [1.29, 1.82) is 0 Å². The number of rotatable bonds is 8. The van der Waals surface area contributed by atoms with Crippen LogP contribution in [0.2, 0.25) is 0 Å². The summed E-state index contributed by atoms with van der Waals surface area (Å²) in [7, 11) is 0. The zero-order valence-electron chi connectivity index (χ0n) is 11.0. The van der Waals surface area contributed by atoms with Crippen LogP contribution in [0.25, 0.3) is 0 Å². The van der Waals surface area contributed by atoms with Crippen LogP contribution in [0.15, 0.2) is 0 Å². The van der Waals surface area contributed by atoms with E-state index >= 15 is 0 Å². The molecule has 0 radical (unpaired) electrons. The quantitative estimate of drug-likeness (QED) is 0.625. The highest BCUT2D eigenvalue weighted by Gasteiger charge is 2.26. The second-order valence-corrected chi connectivity index (χ2v) is 5.40. The van der Waals surface area contributed by atoms with E-state index in [9.17, 15) is 5.11 Å². The molecule has 2 nitrogen and oxygen atoms in total. The molecule has 2 N–H and O–H groups in total. The van der Waals surface area contributed by atoms with E-state index < -0.39 is 0 Å². The Kier molecular flexibility index (Phi) is 7.06. The van der Waals surface area contributed by atoms with Crippen LogP contribution in [0.4, 0.5) is 0 Å². The fraction of sp³-hybridized carbons (Fsp3) is 1.00. The number of aliphatic hydroxyl groups excluding tert-OH is 1. The van der Waals surface area contributed by atoms with E-state index in [0.717, 1.165) is 0 Å². The van der Waals surface area contributed by atoms with E-state index in [1.165, 1.54) is 51.4 Å². The average Bonchev–Trinajstić information content (AvgIpc) is 2.71. The van der Waals surface area contributed by atoms with E-state index in [1.807, 2.05) is 0 Å². The van der Waals surface area contributed by atoms with Crippen LogP contribution in [-0.4, -0.2) is 23.8 Å². The summed E-state index contributed by atoms with van der Waals surface area (Å²) in [5.41, 5.74) is 0. The van der Waals surface area contributed by atoms with E-state index in [1.54, 1.807) is 0 Å². The Balaban J connectivity index is 2.10. The third-order valence-corrected chi connectivity index (χ3v) is 3.88. The smallest absolute Gasteiger partial charge is 0.0474 e. The molecule has 1 saturated carbocycles. The molecule has 0 heterocycles. The minimum atomic E-state index is 0.361. The van der Waals surface area contributed by atoms with Gasteiger partial charge in [-0.1, -0.05) is 39.0 Å². The Labute approximate surface area is 101 Å². The van der Waals surface area contributed by atoms with Gasteiger partial charge in [0.05, 0.1) is 0 Å². The molecule has 1 aliphatic carbocycles. The Morgan fingerprint density at radius 1 is 1.25 bits per heavy atom. The molecule has 0 saturated heterocycles. The lowest BCUT2D eigenvalue weighted by atomic mass is 10.0. The highest BCUT2D eigenvalue weighted by molar-refractivity contribution is 4.84. The minimum Gasteiger partial charge on any atom is -0.396 e. The van der Waals surface area contributed by atoms with Gasteiger partial charge in [-0.2, -0.15) is 0 Å². The monoisotopic (exact) mass is 227 g/mol. The van der Waals surface area contributed by atoms with E-state index in [2.05, 4.69) is 19.2 Å². The van der Waals surface area contributed by atoms with Gasteiger partial charge in [0.2, 0.25) is 0 Å². The SMILES string of the molecule is CCCCCCC(C)NC1CCCC1CO. The molecule has 0 spiro atoms. The van der Waals surface area contributed by atoms with Crippen LogP contribution >= 0.6 is 0 Å². The summed E-state index contributed by atoms with van der Waals surface area (Å²) >= 11 is 0. The first-order valence-electron chi connectivity index (χ1n) is 7.14. The van der Waals surface area contributed by atoms with Crippen LogP contribution in [0, 0.1) is 5.92 Å². The minimum absolute atomic E-state index is 0.361. The molecule has 0 bridgehead atoms. The van der Waals surface area contributed by atoms with Crippen LogP contribution in [0.3, 0.4) is 0 Å². The van der Waals surface area contributed by atoms with Crippen LogP contribution < -0.4 is 5.32 Å². The molecular weight excluding hydrogens is 198 g/mol. The van der Waals surface area contributed by atoms with Gasteiger partial charge in [0.15, 0.2) is 0 Å². The fourth-order valence-corrected chi connectivity index (χ4v) is 2.80. The lowest BCUT2D eigenvalue weighted by Gasteiger charge is -2.23. The molecule has 96 valence electrons. The largest absolute Gasteiger partial charge is 0.396 e. The molecule has 16 heavy (non-hydrogen) atoms. The van der Waals surface area contributed by atoms with Crippen LogP contribution in [-0.2, 0) is 0 Å². The molecule has 0 aromatic carbocycles. The third-order valence-electron chi connectivity index (χ3n) is 3.88. The van der Waals surface area contributed by atoms with Gasteiger partial charge >= 0.3 is 0 Å². The van der Waals surface area contributed by atoms with Gasteiger partial charge < -0.3 is 10.4 Å². The maximum Gasteiger partial charge on any atom is 0.0474 e. The summed E-state index contributed by atoms with van der Waals surface area (Å²) in [6.07, 6.45) is 10.4. The predicted octanol–water partition coefficient (Wildman–Crippen LogP) is 3.10. The second-order valence-electron chi connectivity index (χ2n) is 5.40. The molecule has 0 aliphatic heterocycles. The third kappa shape index (κ3) is 4.84. The normalized spacial score (nSPS) is 27.2. The molecular formula is C14H29NO. The van der Waals surface area contributed by atoms with Crippen molar-refractivity contribution in [3.8, 4) is 0 Å². The number of nitrogens with one attached hydrogen (secondary N) is 1. The van der Waals surface area contributed by atoms with Crippen molar-refractivity contribution in [3.63, 3.8) is 0 Å². The molecule has 3 unspecified atom stereocenters. The van der Waals surface area contributed by atoms with E-state index in [4.69, 9.17) is 0 Å². The van der Waals surface area contributed by atoms with Gasteiger partial charge in [0.1, 0.15) is 0 Å². The summed E-state index contributed by atoms with van der Waals surface area (Å²) in [4.78, 5) is 0. The van der Waals surface area contributed by atoms with Crippen molar-refractivity contribution >= 4 is 0 Å². The van der Waals surface area contributed by atoms with Crippen molar-refractivity contribution in [2.75, 3.05) is 6.61 Å². The molecule has 2 heteroatoms. The number of aliphatic hydroxyl groups is 1. The van der Waals surface area contributed by atoms with E-state index in [-0.39, 0.29) is 0 Å². The predicted molar refractivity (Wildman–Crippen MR) is 69.6 cm³/mol. The number of hydrogen-bond donors (Lipinski definition) is 2. The van der Waals surface area contributed by atoms with Gasteiger partial charge in [-0.15, -0.1) is 0 Å². The summed E-state index contributed by atoms with van der Waals surface area (Å²) in [5, 5.41) is 13.0. The first-order chi connectivity index (χ1) is 7.77. The van der Waals surface area contributed by atoms with Crippen molar-refractivity contribution in [2.24, 2.45) is 5.92 Å². The first kappa shape index (κ1) is 14.0. The first-order valence-corrected chi connectivity index (χ1v) is 7.14. The van der Waals surface area contributed by atoms with Gasteiger partial charge in [-0.05, 0) is 32.1 Å². The lowest BCUT2D eigenvalue weighted by Crippen LogP contribution is -2.39. The Hall–Kier alpha value is -0.0800. The zero-order valence-corrected chi connectivity index (χ0v) is 11.0. The maximum absolute atomic E-state index is 9.26. The highest BCUT2D eigenvalue weighted by atomic mass is 16.3. The van der Waals surface area contributed by atoms with Crippen LogP contribution in [0.5, 0.6) is 0 Å². The Morgan fingerprint density at radius 3 is 2.75 bits per heavy atom. The van der Waals surface area contributed by atoms with Gasteiger partial charge in [-0.3, -0.25) is 0 Å². The number of unbranched alkanes of at least 4 members (excludes halogenated alkanes) is 3. The topological polar surface area (TPSA) is 32.3 Å². The summed E-state index contributed by atoms with van der Waals surface area (Å²) in [6, 6.07) is 1.19. The highest BCUT2D eigenvalue weighted by Crippen LogP contribution is 2.25. The zero-order chi connectivity index (χ0) is 11.8. The Morgan fingerprint density at radius 2 is 2.06 bits per heavy atom. The summed E-state index contributed by atoms with van der Waals surface area (Å²) in [6.45, 7) is 4.91. The van der Waals surface area contributed by atoms with Crippen molar-refractivity contribution in [1.82, 2.24) is 5.32 Å². The fourth-order valence-electron chi connectivity index (χ4n) is 2.80. The summed E-state index contributed by atoms with van der Waals surface area (Å²) in [5.74, 6) is 0.512. The van der Waals surface area contributed by atoms with Crippen molar-refractivity contribution < 1.29 is 5.11 Å². The summed E-state index contributed by atoms with van der Waals surface area (Å²) < 4.78 is 0. The molecule has 0 amide bonds. The number of hydrogen-bond acceptors (Lipinski definition) is 2. The van der Waals surface area contributed by atoms with Crippen molar-refractivity contribution in [2.45, 2.75) is 77.3 Å². The molecule has 1 fully saturated rings. The van der Waals surface area contributed by atoms with Crippen LogP contribution in [0.1, 0.15) is 65.2 Å². The molecule has 1 rings (SSSR count). The average molecular weight is 227 g/mol.